The number of amides is 1. The predicted octanol–water partition coefficient (Wildman–Crippen LogP) is 2.44. The molecule has 6 heteroatoms. The number of nitrogens with one attached hydrogen (secondary N) is 1. The molecule has 0 aromatic carbocycles. The molecule has 120 valence electrons. The van der Waals surface area contributed by atoms with Crippen LogP contribution in [0.15, 0.2) is 0 Å². The van der Waals surface area contributed by atoms with E-state index in [1.807, 2.05) is 32.5 Å². The summed E-state index contributed by atoms with van der Waals surface area (Å²) in [7, 11) is 1.88. The number of hydrogen-bond acceptors (Lipinski definition) is 3. The standard InChI is InChI=1S/C16H25N5O/c1-7-21-12(4)14(10(2)19-21)8-9-15(22)17-16-11(3)18-20(6)13(16)5/h7-9H2,1-6H3,(H,17,22). The van der Waals surface area contributed by atoms with Crippen LogP contribution in [-0.2, 0) is 24.8 Å². The van der Waals surface area contributed by atoms with E-state index < -0.39 is 0 Å². The van der Waals surface area contributed by atoms with Gasteiger partial charge < -0.3 is 5.32 Å². The summed E-state index contributed by atoms with van der Waals surface area (Å²) in [5, 5.41) is 11.8. The molecule has 0 radical (unpaired) electrons. The van der Waals surface area contributed by atoms with Crippen LogP contribution in [-0.4, -0.2) is 25.5 Å². The molecule has 22 heavy (non-hydrogen) atoms. The molecule has 0 aliphatic heterocycles. The minimum Gasteiger partial charge on any atom is -0.323 e. The highest BCUT2D eigenvalue weighted by atomic mass is 16.1. The summed E-state index contributed by atoms with van der Waals surface area (Å²) in [6.07, 6.45) is 1.16. The van der Waals surface area contributed by atoms with Crippen molar-refractivity contribution in [3.05, 3.63) is 28.3 Å². The van der Waals surface area contributed by atoms with E-state index in [0.29, 0.717) is 12.8 Å². The van der Waals surface area contributed by atoms with E-state index in [0.717, 1.165) is 35.0 Å². The highest BCUT2D eigenvalue weighted by Crippen LogP contribution is 2.20. The highest BCUT2D eigenvalue weighted by molar-refractivity contribution is 5.92. The number of carbonyl (C=O) groups is 1. The molecule has 0 saturated carbocycles. The van der Waals surface area contributed by atoms with E-state index in [1.54, 1.807) is 4.68 Å². The van der Waals surface area contributed by atoms with Gasteiger partial charge in [-0.25, -0.2) is 0 Å². The van der Waals surface area contributed by atoms with E-state index in [9.17, 15) is 4.79 Å². The number of anilines is 1. The Morgan fingerprint density at radius 1 is 1.09 bits per heavy atom. The smallest absolute Gasteiger partial charge is 0.224 e. The van der Waals surface area contributed by atoms with Gasteiger partial charge in [-0.1, -0.05) is 0 Å². The average Bonchev–Trinajstić information content (AvgIpc) is 2.87. The molecule has 0 spiro atoms. The molecule has 0 atom stereocenters. The van der Waals surface area contributed by atoms with E-state index in [-0.39, 0.29) is 5.91 Å². The van der Waals surface area contributed by atoms with Crippen molar-refractivity contribution in [2.75, 3.05) is 5.32 Å². The SMILES string of the molecule is CCn1nc(C)c(CCC(=O)Nc2c(C)nn(C)c2C)c1C. The molecule has 2 heterocycles. The Balaban J connectivity index is 2.03. The molecule has 1 N–H and O–H groups in total. The van der Waals surface area contributed by atoms with Gasteiger partial charge in [0, 0.05) is 25.7 Å². The first-order valence-electron chi connectivity index (χ1n) is 7.68. The summed E-state index contributed by atoms with van der Waals surface area (Å²) in [5.41, 5.74) is 5.99. The van der Waals surface area contributed by atoms with Gasteiger partial charge in [0.25, 0.3) is 0 Å². The van der Waals surface area contributed by atoms with Gasteiger partial charge in [-0.15, -0.1) is 0 Å². The van der Waals surface area contributed by atoms with Crippen LogP contribution >= 0.6 is 0 Å². The number of aryl methyl sites for hydroxylation is 4. The third-order valence-electron chi connectivity index (χ3n) is 4.21. The predicted molar refractivity (Wildman–Crippen MR) is 87.0 cm³/mol. The Kier molecular flexibility index (Phi) is 4.68. The van der Waals surface area contributed by atoms with Gasteiger partial charge in [-0.05, 0) is 46.6 Å². The summed E-state index contributed by atoms with van der Waals surface area (Å²) in [4.78, 5) is 12.2. The van der Waals surface area contributed by atoms with Crippen molar-refractivity contribution in [1.29, 1.82) is 0 Å². The second kappa shape index (κ2) is 6.34. The molecule has 1 amide bonds. The molecular weight excluding hydrogens is 278 g/mol. The molecule has 0 fully saturated rings. The Morgan fingerprint density at radius 3 is 2.27 bits per heavy atom. The molecule has 2 rings (SSSR count). The van der Waals surface area contributed by atoms with Gasteiger partial charge >= 0.3 is 0 Å². The monoisotopic (exact) mass is 303 g/mol. The topological polar surface area (TPSA) is 64.7 Å². The Bertz CT molecular complexity index is 696. The summed E-state index contributed by atoms with van der Waals surface area (Å²) < 4.78 is 3.77. The first-order chi connectivity index (χ1) is 10.3. The van der Waals surface area contributed by atoms with E-state index in [1.165, 1.54) is 5.56 Å². The highest BCUT2D eigenvalue weighted by Gasteiger charge is 2.15. The summed E-state index contributed by atoms with van der Waals surface area (Å²) in [6.45, 7) is 10.8. The van der Waals surface area contributed by atoms with Crippen LogP contribution < -0.4 is 5.32 Å². The molecule has 0 bridgehead atoms. The molecule has 0 aliphatic rings. The van der Waals surface area contributed by atoms with E-state index >= 15 is 0 Å². The lowest BCUT2D eigenvalue weighted by atomic mass is 10.1. The van der Waals surface area contributed by atoms with Crippen molar-refractivity contribution < 1.29 is 4.79 Å². The quantitative estimate of drug-likeness (QED) is 0.922. The zero-order chi connectivity index (χ0) is 16.4. The second-order valence-corrected chi connectivity index (χ2v) is 5.68. The van der Waals surface area contributed by atoms with Gasteiger partial charge in [0.15, 0.2) is 0 Å². The van der Waals surface area contributed by atoms with Crippen molar-refractivity contribution in [1.82, 2.24) is 19.6 Å². The molecular formula is C16H25N5O. The van der Waals surface area contributed by atoms with Gasteiger partial charge in [0.2, 0.25) is 5.91 Å². The summed E-state index contributed by atoms with van der Waals surface area (Å²) >= 11 is 0. The Morgan fingerprint density at radius 2 is 1.77 bits per heavy atom. The number of rotatable bonds is 5. The maximum atomic E-state index is 12.2. The maximum absolute atomic E-state index is 12.2. The fraction of sp³-hybridized carbons (Fsp3) is 0.562. The van der Waals surface area contributed by atoms with Crippen molar-refractivity contribution in [2.45, 2.75) is 54.0 Å². The maximum Gasteiger partial charge on any atom is 0.224 e. The van der Waals surface area contributed by atoms with Crippen molar-refractivity contribution >= 4 is 11.6 Å². The third kappa shape index (κ3) is 3.05. The summed E-state index contributed by atoms with van der Waals surface area (Å²) in [6, 6.07) is 0. The molecule has 6 nitrogen and oxygen atoms in total. The minimum atomic E-state index is 0.0160. The average molecular weight is 303 g/mol. The van der Waals surface area contributed by atoms with Crippen LogP contribution in [0.2, 0.25) is 0 Å². The number of nitrogens with zero attached hydrogens (tertiary/aromatic N) is 4. The van der Waals surface area contributed by atoms with Crippen molar-refractivity contribution in [3.8, 4) is 0 Å². The van der Waals surface area contributed by atoms with Gasteiger partial charge in [0.1, 0.15) is 0 Å². The van der Waals surface area contributed by atoms with Crippen LogP contribution in [0.5, 0.6) is 0 Å². The van der Waals surface area contributed by atoms with Crippen LogP contribution in [0.4, 0.5) is 5.69 Å². The first kappa shape index (κ1) is 16.3. The fourth-order valence-corrected chi connectivity index (χ4v) is 2.80. The molecule has 0 aliphatic carbocycles. The first-order valence-corrected chi connectivity index (χ1v) is 7.68. The summed E-state index contributed by atoms with van der Waals surface area (Å²) in [5.74, 6) is 0.0160. The van der Waals surface area contributed by atoms with E-state index in [4.69, 9.17) is 0 Å². The van der Waals surface area contributed by atoms with Crippen LogP contribution in [0, 0.1) is 27.7 Å². The molecule has 0 unspecified atom stereocenters. The fourth-order valence-electron chi connectivity index (χ4n) is 2.80. The third-order valence-corrected chi connectivity index (χ3v) is 4.21. The van der Waals surface area contributed by atoms with Gasteiger partial charge in [-0.3, -0.25) is 14.2 Å². The lowest BCUT2D eigenvalue weighted by Gasteiger charge is -2.06. The largest absolute Gasteiger partial charge is 0.323 e. The van der Waals surface area contributed by atoms with Crippen LogP contribution in [0.3, 0.4) is 0 Å². The van der Waals surface area contributed by atoms with Crippen LogP contribution in [0.25, 0.3) is 0 Å². The Hall–Kier alpha value is -2.11. The number of hydrogen-bond donors (Lipinski definition) is 1. The van der Waals surface area contributed by atoms with E-state index in [2.05, 4.69) is 29.4 Å². The molecule has 2 aromatic rings. The lowest BCUT2D eigenvalue weighted by Crippen LogP contribution is -2.14. The van der Waals surface area contributed by atoms with Crippen LogP contribution in [0.1, 0.15) is 41.7 Å². The second-order valence-electron chi connectivity index (χ2n) is 5.68. The zero-order valence-corrected chi connectivity index (χ0v) is 14.3. The van der Waals surface area contributed by atoms with Gasteiger partial charge in [0.05, 0.1) is 22.8 Å². The molecule has 0 saturated heterocycles. The lowest BCUT2D eigenvalue weighted by molar-refractivity contribution is -0.116. The number of carbonyl (C=O) groups excluding carboxylic acids is 1. The van der Waals surface area contributed by atoms with Gasteiger partial charge in [-0.2, -0.15) is 10.2 Å². The Labute approximate surface area is 131 Å². The van der Waals surface area contributed by atoms with Crippen molar-refractivity contribution in [2.24, 2.45) is 7.05 Å². The molecule has 2 aromatic heterocycles. The normalized spacial score (nSPS) is 11.0. The zero-order valence-electron chi connectivity index (χ0n) is 14.3. The number of aromatic nitrogens is 4. The minimum absolute atomic E-state index is 0.0160. The van der Waals surface area contributed by atoms with Crippen molar-refractivity contribution in [3.63, 3.8) is 0 Å².